The van der Waals surface area contributed by atoms with Crippen LogP contribution >= 0.6 is 0 Å². The summed E-state index contributed by atoms with van der Waals surface area (Å²) in [5, 5.41) is 11.6. The van der Waals surface area contributed by atoms with Crippen LogP contribution in [0.5, 0.6) is 11.5 Å². The maximum atomic E-state index is 8.57. The summed E-state index contributed by atoms with van der Waals surface area (Å²) in [4.78, 5) is 0. The molecule has 2 aromatic carbocycles. The second-order valence-corrected chi connectivity index (χ2v) is 6.76. The number of hydrogen-bond acceptors (Lipinski definition) is 4. The average Bonchev–Trinajstić information content (AvgIpc) is 2.51. The van der Waals surface area contributed by atoms with Gasteiger partial charge in [0.1, 0.15) is 24.7 Å². The van der Waals surface area contributed by atoms with Crippen LogP contribution in [0.1, 0.15) is 37.5 Å². The Morgan fingerprint density at radius 2 is 1.79 bits per heavy atom. The predicted molar refractivity (Wildman–Crippen MR) is 96.7 cm³/mol. The third kappa shape index (κ3) is 5.01. The molecule has 0 unspecified atom stereocenters. The van der Waals surface area contributed by atoms with Crippen molar-refractivity contribution in [2.24, 2.45) is 5.16 Å². The van der Waals surface area contributed by atoms with Gasteiger partial charge in [0.15, 0.2) is 0 Å². The van der Waals surface area contributed by atoms with Crippen LogP contribution in [0.2, 0.25) is 0 Å². The van der Waals surface area contributed by atoms with Crippen molar-refractivity contribution < 1.29 is 14.7 Å². The fourth-order valence-electron chi connectivity index (χ4n) is 2.43. The molecule has 2 aromatic rings. The smallest absolute Gasteiger partial charge is 0.123 e. The van der Waals surface area contributed by atoms with Gasteiger partial charge in [-0.1, -0.05) is 50.2 Å². The molecule has 0 spiro atoms. The Morgan fingerprint density at radius 3 is 2.50 bits per heavy atom. The molecular weight excluding hydrogens is 302 g/mol. The molecule has 0 saturated heterocycles. The van der Waals surface area contributed by atoms with Crippen molar-refractivity contribution in [1.29, 1.82) is 0 Å². The summed E-state index contributed by atoms with van der Waals surface area (Å²) in [6.07, 6.45) is 1.37. The van der Waals surface area contributed by atoms with Crippen molar-refractivity contribution in [3.8, 4) is 11.5 Å². The molecule has 0 heterocycles. The molecule has 0 aliphatic heterocycles. The van der Waals surface area contributed by atoms with E-state index < -0.39 is 0 Å². The van der Waals surface area contributed by atoms with Gasteiger partial charge in [0, 0.05) is 0 Å². The lowest BCUT2D eigenvalue weighted by Crippen LogP contribution is -2.16. The molecular formula is C20H25NO3. The fourth-order valence-corrected chi connectivity index (χ4v) is 2.43. The SMILES string of the molecule is Cc1ccc(C(C)(C)C)c(OCCOc2cccc(C=NO)c2)c1. The summed E-state index contributed by atoms with van der Waals surface area (Å²) < 4.78 is 11.7. The number of rotatable bonds is 6. The van der Waals surface area contributed by atoms with Crippen LogP contribution in [-0.2, 0) is 5.41 Å². The minimum Gasteiger partial charge on any atom is -0.490 e. The van der Waals surface area contributed by atoms with E-state index in [0.29, 0.717) is 13.2 Å². The van der Waals surface area contributed by atoms with Crippen LogP contribution in [0, 0.1) is 6.92 Å². The molecule has 0 atom stereocenters. The zero-order valence-corrected chi connectivity index (χ0v) is 14.7. The van der Waals surface area contributed by atoms with E-state index in [-0.39, 0.29) is 5.41 Å². The Kier molecular flexibility index (Phi) is 5.85. The molecule has 0 fully saturated rings. The van der Waals surface area contributed by atoms with Gasteiger partial charge in [-0.05, 0) is 47.2 Å². The second-order valence-electron chi connectivity index (χ2n) is 6.76. The van der Waals surface area contributed by atoms with E-state index in [9.17, 15) is 0 Å². The highest BCUT2D eigenvalue weighted by Crippen LogP contribution is 2.32. The number of nitrogens with zero attached hydrogens (tertiary/aromatic N) is 1. The number of ether oxygens (including phenoxy) is 2. The summed E-state index contributed by atoms with van der Waals surface area (Å²) in [5.74, 6) is 1.63. The van der Waals surface area contributed by atoms with E-state index in [1.807, 2.05) is 24.3 Å². The van der Waals surface area contributed by atoms with Gasteiger partial charge >= 0.3 is 0 Å². The van der Waals surface area contributed by atoms with Gasteiger partial charge in [-0.25, -0.2) is 0 Å². The molecule has 4 nitrogen and oxygen atoms in total. The lowest BCUT2D eigenvalue weighted by atomic mass is 9.86. The van der Waals surface area contributed by atoms with E-state index in [0.717, 1.165) is 17.1 Å². The zero-order valence-electron chi connectivity index (χ0n) is 14.7. The Hall–Kier alpha value is -2.49. The summed E-state index contributed by atoms with van der Waals surface area (Å²) >= 11 is 0. The van der Waals surface area contributed by atoms with Crippen molar-refractivity contribution in [3.05, 3.63) is 59.2 Å². The maximum absolute atomic E-state index is 8.57. The van der Waals surface area contributed by atoms with Crippen LogP contribution in [0.3, 0.4) is 0 Å². The van der Waals surface area contributed by atoms with E-state index in [2.05, 4.69) is 51.0 Å². The molecule has 2 rings (SSSR count). The Bertz CT molecular complexity index is 702. The zero-order chi connectivity index (χ0) is 17.6. The van der Waals surface area contributed by atoms with Crippen LogP contribution in [0.25, 0.3) is 0 Å². The quantitative estimate of drug-likeness (QED) is 0.366. The maximum Gasteiger partial charge on any atom is 0.123 e. The van der Waals surface area contributed by atoms with E-state index in [1.165, 1.54) is 17.3 Å². The predicted octanol–water partition coefficient (Wildman–Crippen LogP) is 4.56. The molecule has 24 heavy (non-hydrogen) atoms. The largest absolute Gasteiger partial charge is 0.490 e. The van der Waals surface area contributed by atoms with Gasteiger partial charge in [-0.15, -0.1) is 0 Å². The lowest BCUT2D eigenvalue weighted by Gasteiger charge is -2.23. The van der Waals surface area contributed by atoms with E-state index in [1.54, 1.807) is 0 Å². The first kappa shape index (κ1) is 17.9. The number of oxime groups is 1. The van der Waals surface area contributed by atoms with Gasteiger partial charge in [-0.2, -0.15) is 0 Å². The van der Waals surface area contributed by atoms with E-state index >= 15 is 0 Å². The Morgan fingerprint density at radius 1 is 1.04 bits per heavy atom. The monoisotopic (exact) mass is 327 g/mol. The van der Waals surface area contributed by atoms with Crippen molar-refractivity contribution in [2.45, 2.75) is 33.1 Å². The highest BCUT2D eigenvalue weighted by atomic mass is 16.5. The highest BCUT2D eigenvalue weighted by molar-refractivity contribution is 5.79. The van der Waals surface area contributed by atoms with Crippen LogP contribution in [0.15, 0.2) is 47.6 Å². The molecule has 1 N–H and O–H groups in total. The van der Waals surface area contributed by atoms with Gasteiger partial charge in [0.05, 0.1) is 6.21 Å². The lowest BCUT2D eigenvalue weighted by molar-refractivity contribution is 0.214. The normalized spacial score (nSPS) is 11.7. The first-order valence-electron chi connectivity index (χ1n) is 8.04. The van der Waals surface area contributed by atoms with E-state index in [4.69, 9.17) is 14.7 Å². The molecule has 0 aliphatic carbocycles. The molecule has 0 aromatic heterocycles. The summed E-state index contributed by atoms with van der Waals surface area (Å²) in [7, 11) is 0. The highest BCUT2D eigenvalue weighted by Gasteiger charge is 2.18. The molecule has 4 heteroatoms. The third-order valence-electron chi connectivity index (χ3n) is 3.62. The minimum atomic E-state index is 0.0296. The number of benzene rings is 2. The van der Waals surface area contributed by atoms with Crippen LogP contribution in [-0.4, -0.2) is 24.6 Å². The number of aryl methyl sites for hydroxylation is 1. The second kappa shape index (κ2) is 7.86. The molecule has 0 amide bonds. The average molecular weight is 327 g/mol. The Labute approximate surface area is 143 Å². The standard InChI is InChI=1S/C20H25NO3/c1-15-8-9-18(20(2,3)4)19(12-15)24-11-10-23-17-7-5-6-16(13-17)14-21-22/h5-9,12-14,22H,10-11H2,1-4H3. The summed E-state index contributed by atoms with van der Waals surface area (Å²) in [6, 6.07) is 13.7. The molecule has 0 saturated carbocycles. The van der Waals surface area contributed by atoms with Crippen LogP contribution in [0.4, 0.5) is 0 Å². The fraction of sp³-hybridized carbons (Fsp3) is 0.350. The molecule has 128 valence electrons. The minimum absolute atomic E-state index is 0.0296. The molecule has 0 bridgehead atoms. The van der Waals surface area contributed by atoms with Crippen molar-refractivity contribution >= 4 is 6.21 Å². The van der Waals surface area contributed by atoms with Gasteiger partial charge in [-0.3, -0.25) is 0 Å². The van der Waals surface area contributed by atoms with Gasteiger partial charge in [0.25, 0.3) is 0 Å². The van der Waals surface area contributed by atoms with Crippen molar-refractivity contribution in [1.82, 2.24) is 0 Å². The van der Waals surface area contributed by atoms with Crippen molar-refractivity contribution in [2.75, 3.05) is 13.2 Å². The van der Waals surface area contributed by atoms with Gasteiger partial charge in [0.2, 0.25) is 0 Å². The third-order valence-corrected chi connectivity index (χ3v) is 3.62. The molecule has 0 radical (unpaired) electrons. The number of hydrogen-bond donors (Lipinski definition) is 1. The van der Waals surface area contributed by atoms with Gasteiger partial charge < -0.3 is 14.7 Å². The summed E-state index contributed by atoms with van der Waals surface area (Å²) in [6.45, 7) is 9.49. The topological polar surface area (TPSA) is 51.0 Å². The van der Waals surface area contributed by atoms with Crippen LogP contribution < -0.4 is 9.47 Å². The summed E-state index contributed by atoms with van der Waals surface area (Å²) in [5.41, 5.74) is 3.18. The van der Waals surface area contributed by atoms with Crippen molar-refractivity contribution in [3.63, 3.8) is 0 Å². The first-order valence-corrected chi connectivity index (χ1v) is 8.04. The first-order chi connectivity index (χ1) is 11.4. The Balaban J connectivity index is 1.95. The molecule has 0 aliphatic rings.